The molecule has 2 nitrogen and oxygen atoms in total. The maximum Gasteiger partial charge on any atom is 0.116 e. The zero-order chi connectivity index (χ0) is 8.27. The Kier molecular flexibility index (Phi) is 2.65. The SMILES string of the molecule is C=Cc1ncnc(C)c1SC. The van der Waals surface area contributed by atoms with Crippen LogP contribution in [-0.4, -0.2) is 16.2 Å². The second-order valence-corrected chi connectivity index (χ2v) is 2.90. The van der Waals surface area contributed by atoms with Crippen molar-refractivity contribution < 1.29 is 0 Å². The summed E-state index contributed by atoms with van der Waals surface area (Å²) in [4.78, 5) is 9.27. The second kappa shape index (κ2) is 3.53. The van der Waals surface area contributed by atoms with E-state index in [1.54, 1.807) is 24.2 Å². The minimum atomic E-state index is 0.921. The van der Waals surface area contributed by atoms with E-state index in [1.165, 1.54) is 0 Å². The number of thioether (sulfide) groups is 1. The fourth-order valence-corrected chi connectivity index (χ4v) is 1.57. The molecule has 58 valence electrons. The first kappa shape index (κ1) is 8.27. The minimum absolute atomic E-state index is 0.921. The van der Waals surface area contributed by atoms with Crippen molar-refractivity contribution in [2.24, 2.45) is 0 Å². The summed E-state index contributed by atoms with van der Waals surface area (Å²) in [5.74, 6) is 0. The van der Waals surface area contributed by atoms with Crippen LogP contribution in [0.15, 0.2) is 17.8 Å². The normalized spacial score (nSPS) is 9.64. The van der Waals surface area contributed by atoms with E-state index in [0.29, 0.717) is 0 Å². The zero-order valence-corrected chi connectivity index (χ0v) is 7.48. The van der Waals surface area contributed by atoms with Gasteiger partial charge in [-0.1, -0.05) is 6.58 Å². The number of nitrogens with zero attached hydrogens (tertiary/aromatic N) is 2. The molecule has 0 bridgehead atoms. The number of aryl methyl sites for hydroxylation is 1. The Morgan fingerprint density at radius 3 is 2.73 bits per heavy atom. The molecule has 0 amide bonds. The van der Waals surface area contributed by atoms with Crippen LogP contribution in [0, 0.1) is 6.92 Å². The van der Waals surface area contributed by atoms with E-state index in [4.69, 9.17) is 0 Å². The van der Waals surface area contributed by atoms with Gasteiger partial charge in [0.05, 0.1) is 16.3 Å². The Bertz CT molecular complexity index is 271. The molecule has 1 heterocycles. The van der Waals surface area contributed by atoms with Gasteiger partial charge in [0.2, 0.25) is 0 Å². The predicted molar refractivity (Wildman–Crippen MR) is 48.6 cm³/mol. The average molecular weight is 166 g/mol. The van der Waals surface area contributed by atoms with Crippen molar-refractivity contribution in [2.45, 2.75) is 11.8 Å². The lowest BCUT2D eigenvalue weighted by molar-refractivity contribution is 1.01. The van der Waals surface area contributed by atoms with Gasteiger partial charge in [0.15, 0.2) is 0 Å². The summed E-state index contributed by atoms with van der Waals surface area (Å²) < 4.78 is 0. The van der Waals surface area contributed by atoms with Gasteiger partial charge in [0, 0.05) is 0 Å². The number of hydrogen-bond acceptors (Lipinski definition) is 3. The van der Waals surface area contributed by atoms with E-state index in [9.17, 15) is 0 Å². The van der Waals surface area contributed by atoms with Crippen LogP contribution in [0.4, 0.5) is 0 Å². The van der Waals surface area contributed by atoms with Gasteiger partial charge < -0.3 is 0 Å². The Balaban J connectivity index is 3.23. The van der Waals surface area contributed by atoms with Crippen LogP contribution >= 0.6 is 11.8 Å². The molecule has 0 radical (unpaired) electrons. The van der Waals surface area contributed by atoms with Crippen LogP contribution in [0.25, 0.3) is 6.08 Å². The van der Waals surface area contributed by atoms with Gasteiger partial charge in [-0.2, -0.15) is 0 Å². The molecular weight excluding hydrogens is 156 g/mol. The largest absolute Gasteiger partial charge is 0.240 e. The summed E-state index contributed by atoms with van der Waals surface area (Å²) in [5, 5.41) is 0. The fraction of sp³-hybridized carbons (Fsp3) is 0.250. The molecule has 0 aliphatic heterocycles. The molecule has 1 rings (SSSR count). The van der Waals surface area contributed by atoms with Crippen molar-refractivity contribution in [1.82, 2.24) is 9.97 Å². The second-order valence-electron chi connectivity index (χ2n) is 2.08. The van der Waals surface area contributed by atoms with Crippen molar-refractivity contribution in [2.75, 3.05) is 6.26 Å². The predicted octanol–water partition coefficient (Wildman–Crippen LogP) is 2.15. The van der Waals surface area contributed by atoms with Crippen molar-refractivity contribution in [3.05, 3.63) is 24.3 Å². The minimum Gasteiger partial charge on any atom is -0.240 e. The van der Waals surface area contributed by atoms with E-state index in [0.717, 1.165) is 16.3 Å². The Morgan fingerprint density at radius 2 is 2.27 bits per heavy atom. The summed E-state index contributed by atoms with van der Waals surface area (Å²) in [6.07, 6.45) is 5.32. The van der Waals surface area contributed by atoms with Gasteiger partial charge >= 0.3 is 0 Å². The summed E-state index contributed by atoms with van der Waals surface area (Å²) in [6.45, 7) is 5.65. The molecule has 0 aliphatic carbocycles. The first-order valence-electron chi connectivity index (χ1n) is 3.27. The molecule has 0 aromatic carbocycles. The number of aromatic nitrogens is 2. The Morgan fingerprint density at radius 1 is 1.55 bits per heavy atom. The summed E-state index contributed by atoms with van der Waals surface area (Å²) in [7, 11) is 0. The standard InChI is InChI=1S/C8H10N2S/c1-4-7-8(11-3)6(2)9-5-10-7/h4-5H,1H2,2-3H3. The van der Waals surface area contributed by atoms with Gasteiger partial charge in [-0.25, -0.2) is 9.97 Å². The van der Waals surface area contributed by atoms with E-state index in [-0.39, 0.29) is 0 Å². The lowest BCUT2D eigenvalue weighted by atomic mass is 10.3. The average Bonchev–Trinajstić information content (AvgIpc) is 2.04. The quantitative estimate of drug-likeness (QED) is 0.629. The van der Waals surface area contributed by atoms with Gasteiger partial charge in [0.1, 0.15) is 6.33 Å². The van der Waals surface area contributed by atoms with Crippen LogP contribution in [0.5, 0.6) is 0 Å². The molecule has 0 atom stereocenters. The molecule has 3 heteroatoms. The van der Waals surface area contributed by atoms with Gasteiger partial charge in [-0.3, -0.25) is 0 Å². The molecule has 0 spiro atoms. The highest BCUT2D eigenvalue weighted by molar-refractivity contribution is 7.98. The smallest absolute Gasteiger partial charge is 0.116 e. The van der Waals surface area contributed by atoms with Crippen molar-refractivity contribution >= 4 is 17.8 Å². The molecule has 11 heavy (non-hydrogen) atoms. The van der Waals surface area contributed by atoms with Crippen LogP contribution in [0.1, 0.15) is 11.4 Å². The van der Waals surface area contributed by atoms with E-state index in [1.807, 2.05) is 13.2 Å². The highest BCUT2D eigenvalue weighted by atomic mass is 32.2. The maximum absolute atomic E-state index is 4.08. The number of rotatable bonds is 2. The van der Waals surface area contributed by atoms with Gasteiger partial charge in [-0.05, 0) is 19.3 Å². The summed E-state index contributed by atoms with van der Waals surface area (Å²) >= 11 is 1.65. The Labute approximate surface area is 70.8 Å². The maximum atomic E-state index is 4.08. The fourth-order valence-electron chi connectivity index (χ4n) is 0.878. The lowest BCUT2D eigenvalue weighted by Gasteiger charge is -2.02. The molecular formula is C8H10N2S. The zero-order valence-electron chi connectivity index (χ0n) is 6.66. The number of hydrogen-bond donors (Lipinski definition) is 0. The Hall–Kier alpha value is -0.830. The first-order chi connectivity index (χ1) is 5.29. The summed E-state index contributed by atoms with van der Waals surface area (Å²) in [6, 6.07) is 0. The molecule has 0 N–H and O–H groups in total. The van der Waals surface area contributed by atoms with Crippen molar-refractivity contribution in [3.8, 4) is 0 Å². The molecule has 1 aromatic heterocycles. The third-order valence-corrected chi connectivity index (χ3v) is 2.32. The monoisotopic (exact) mass is 166 g/mol. The topological polar surface area (TPSA) is 25.8 Å². The van der Waals surface area contributed by atoms with Crippen LogP contribution in [0.2, 0.25) is 0 Å². The van der Waals surface area contributed by atoms with Crippen molar-refractivity contribution in [1.29, 1.82) is 0 Å². The molecule has 0 saturated carbocycles. The first-order valence-corrected chi connectivity index (χ1v) is 4.50. The molecule has 1 aromatic rings. The molecule has 0 unspecified atom stereocenters. The summed E-state index contributed by atoms with van der Waals surface area (Å²) in [5.41, 5.74) is 1.94. The molecule has 0 aliphatic rings. The van der Waals surface area contributed by atoms with E-state index in [2.05, 4.69) is 16.5 Å². The highest BCUT2D eigenvalue weighted by Crippen LogP contribution is 2.21. The van der Waals surface area contributed by atoms with Gasteiger partial charge in [-0.15, -0.1) is 11.8 Å². The van der Waals surface area contributed by atoms with Crippen LogP contribution in [0.3, 0.4) is 0 Å². The third kappa shape index (κ3) is 1.60. The van der Waals surface area contributed by atoms with E-state index >= 15 is 0 Å². The van der Waals surface area contributed by atoms with Crippen LogP contribution < -0.4 is 0 Å². The van der Waals surface area contributed by atoms with Crippen LogP contribution in [-0.2, 0) is 0 Å². The van der Waals surface area contributed by atoms with E-state index < -0.39 is 0 Å². The highest BCUT2D eigenvalue weighted by Gasteiger charge is 2.02. The lowest BCUT2D eigenvalue weighted by Crippen LogP contribution is -1.91. The third-order valence-electron chi connectivity index (χ3n) is 1.41. The van der Waals surface area contributed by atoms with Gasteiger partial charge in [0.25, 0.3) is 0 Å². The molecule has 0 fully saturated rings. The molecule has 0 saturated heterocycles. The van der Waals surface area contributed by atoms with Crippen molar-refractivity contribution in [3.63, 3.8) is 0 Å².